The highest BCUT2D eigenvalue weighted by Crippen LogP contribution is 2.34. The molecule has 2 N–H and O–H groups in total. The van der Waals surface area contributed by atoms with Gasteiger partial charge in [-0.1, -0.05) is 17.7 Å². The summed E-state index contributed by atoms with van der Waals surface area (Å²) in [7, 11) is -4.10. The number of hydrogen-bond donors (Lipinski definition) is 1. The van der Waals surface area contributed by atoms with E-state index in [1.807, 2.05) is 6.92 Å². The zero-order valence-corrected chi connectivity index (χ0v) is 16.3. The van der Waals surface area contributed by atoms with Crippen molar-refractivity contribution in [1.82, 2.24) is 13.9 Å². The first-order valence-corrected chi connectivity index (χ1v) is 10.0. The molecule has 7 nitrogen and oxygen atoms in total. The van der Waals surface area contributed by atoms with Crippen LogP contribution in [-0.4, -0.2) is 22.4 Å². The van der Waals surface area contributed by atoms with Gasteiger partial charge in [-0.25, -0.2) is 31.1 Å². The van der Waals surface area contributed by atoms with Crippen molar-refractivity contribution in [2.75, 3.05) is 5.73 Å². The van der Waals surface area contributed by atoms with Crippen LogP contribution < -0.4 is 5.73 Å². The average molecular weight is 425 g/mol. The van der Waals surface area contributed by atoms with Crippen LogP contribution in [0.2, 0.25) is 0 Å². The summed E-state index contributed by atoms with van der Waals surface area (Å²) in [6.07, 6.45) is 2.05. The number of anilines is 1. The maximum atomic E-state index is 13.9. The molecular weight excluding hydrogens is 412 g/mol. The fraction of sp³-hybridized carbons (Fsp3) is 0.0500. The molecule has 0 saturated carbocycles. The van der Waals surface area contributed by atoms with Crippen LogP contribution >= 0.6 is 0 Å². The lowest BCUT2D eigenvalue weighted by Gasteiger charge is -2.07. The topological polar surface area (TPSA) is 115 Å². The number of fused-ring (bicyclic) bond motifs is 1. The molecule has 30 heavy (non-hydrogen) atoms. The van der Waals surface area contributed by atoms with Gasteiger partial charge in [-0.05, 0) is 31.2 Å². The van der Waals surface area contributed by atoms with E-state index < -0.39 is 27.5 Å². The standard InChI is InChI=1S/C20H13F2N5O2S/c1-11-2-4-14(5-3-11)30(28,29)27-10-16(15-7-13(21)9-25-20(15)27)18-12(8-23)6-17(22)19(24)26-18/h2-7,9-10H,1H3,(H2,24,26). The summed E-state index contributed by atoms with van der Waals surface area (Å²) in [6.45, 7) is 1.82. The second-order valence-electron chi connectivity index (χ2n) is 6.54. The van der Waals surface area contributed by atoms with Gasteiger partial charge in [0.1, 0.15) is 11.9 Å². The van der Waals surface area contributed by atoms with E-state index in [2.05, 4.69) is 9.97 Å². The van der Waals surface area contributed by atoms with Gasteiger partial charge in [-0.3, -0.25) is 0 Å². The first-order valence-electron chi connectivity index (χ1n) is 8.57. The molecule has 0 fully saturated rings. The van der Waals surface area contributed by atoms with Crippen LogP contribution in [0.3, 0.4) is 0 Å². The number of nitrogens with zero attached hydrogens (tertiary/aromatic N) is 4. The Bertz CT molecular complexity index is 1460. The van der Waals surface area contributed by atoms with E-state index in [0.29, 0.717) is 0 Å². The minimum Gasteiger partial charge on any atom is -0.381 e. The molecule has 4 aromatic rings. The highest BCUT2D eigenvalue weighted by Gasteiger charge is 2.25. The molecule has 0 spiro atoms. The van der Waals surface area contributed by atoms with Crippen LogP contribution in [0, 0.1) is 29.9 Å². The number of aromatic nitrogens is 3. The summed E-state index contributed by atoms with van der Waals surface area (Å²) in [4.78, 5) is 7.81. The number of halogens is 2. The van der Waals surface area contributed by atoms with Crippen molar-refractivity contribution in [2.45, 2.75) is 11.8 Å². The predicted octanol–water partition coefficient (Wildman–Crippen LogP) is 3.38. The number of aryl methyl sites for hydroxylation is 1. The maximum Gasteiger partial charge on any atom is 0.269 e. The van der Waals surface area contributed by atoms with E-state index in [1.54, 1.807) is 18.2 Å². The number of nitriles is 1. The van der Waals surface area contributed by atoms with E-state index in [9.17, 15) is 22.5 Å². The molecule has 0 aliphatic rings. The van der Waals surface area contributed by atoms with Gasteiger partial charge in [0.2, 0.25) is 0 Å². The van der Waals surface area contributed by atoms with E-state index in [0.717, 1.165) is 27.9 Å². The Morgan fingerprint density at radius 1 is 1.17 bits per heavy atom. The van der Waals surface area contributed by atoms with Gasteiger partial charge >= 0.3 is 0 Å². The number of hydrogen-bond acceptors (Lipinski definition) is 6. The van der Waals surface area contributed by atoms with Crippen molar-refractivity contribution in [3.05, 3.63) is 71.6 Å². The van der Waals surface area contributed by atoms with Crippen LogP contribution in [-0.2, 0) is 10.0 Å². The van der Waals surface area contributed by atoms with Gasteiger partial charge in [-0.2, -0.15) is 5.26 Å². The van der Waals surface area contributed by atoms with Crippen LogP contribution in [0.15, 0.2) is 53.7 Å². The lowest BCUT2D eigenvalue weighted by atomic mass is 10.1. The Kier molecular flexibility index (Phi) is 4.47. The molecule has 10 heteroatoms. The van der Waals surface area contributed by atoms with Gasteiger partial charge in [0.05, 0.1) is 22.3 Å². The van der Waals surface area contributed by atoms with Gasteiger partial charge in [0.15, 0.2) is 17.3 Å². The lowest BCUT2D eigenvalue weighted by molar-refractivity contribution is 0.588. The van der Waals surface area contributed by atoms with Gasteiger partial charge < -0.3 is 5.73 Å². The number of benzene rings is 1. The SMILES string of the molecule is Cc1ccc(S(=O)(=O)n2cc(-c3nc(N)c(F)cc3C#N)c3cc(F)cnc32)cc1. The van der Waals surface area contributed by atoms with Crippen molar-refractivity contribution in [3.63, 3.8) is 0 Å². The van der Waals surface area contributed by atoms with Crippen LogP contribution in [0.1, 0.15) is 11.1 Å². The summed E-state index contributed by atoms with van der Waals surface area (Å²) >= 11 is 0. The van der Waals surface area contributed by atoms with Crippen molar-refractivity contribution >= 4 is 26.9 Å². The Morgan fingerprint density at radius 2 is 1.87 bits per heavy atom. The summed E-state index contributed by atoms with van der Waals surface area (Å²) in [5.41, 5.74) is 6.17. The molecule has 0 atom stereocenters. The monoisotopic (exact) mass is 425 g/mol. The Labute approximate surface area is 170 Å². The smallest absolute Gasteiger partial charge is 0.269 e. The molecule has 0 saturated heterocycles. The number of nitrogen functional groups attached to an aromatic ring is 1. The molecule has 0 radical (unpaired) electrons. The fourth-order valence-corrected chi connectivity index (χ4v) is 4.37. The van der Waals surface area contributed by atoms with Crippen molar-refractivity contribution < 1.29 is 17.2 Å². The molecule has 0 bridgehead atoms. The lowest BCUT2D eigenvalue weighted by Crippen LogP contribution is -2.12. The van der Waals surface area contributed by atoms with Crippen LogP contribution in [0.4, 0.5) is 14.6 Å². The molecule has 0 aliphatic heterocycles. The predicted molar refractivity (Wildman–Crippen MR) is 106 cm³/mol. The van der Waals surface area contributed by atoms with Crippen LogP contribution in [0.5, 0.6) is 0 Å². The van der Waals surface area contributed by atoms with Crippen molar-refractivity contribution in [3.8, 4) is 17.3 Å². The summed E-state index contributed by atoms with van der Waals surface area (Å²) in [6, 6.07) is 9.92. The molecule has 150 valence electrons. The Morgan fingerprint density at radius 3 is 2.53 bits per heavy atom. The van der Waals surface area contributed by atoms with Gasteiger partial charge in [0.25, 0.3) is 10.0 Å². The highest BCUT2D eigenvalue weighted by molar-refractivity contribution is 7.90. The number of rotatable bonds is 3. The quantitative estimate of drug-likeness (QED) is 0.538. The minimum atomic E-state index is -4.10. The third-order valence-corrected chi connectivity index (χ3v) is 6.20. The Balaban J connectivity index is 2.06. The summed E-state index contributed by atoms with van der Waals surface area (Å²) in [5, 5.41) is 9.46. The minimum absolute atomic E-state index is 0.00485. The maximum absolute atomic E-state index is 13.9. The zero-order chi connectivity index (χ0) is 21.6. The molecule has 3 heterocycles. The molecule has 1 aromatic carbocycles. The largest absolute Gasteiger partial charge is 0.381 e. The Hall–Kier alpha value is -3.84. The average Bonchev–Trinajstić information content (AvgIpc) is 3.09. The van der Waals surface area contributed by atoms with Gasteiger partial charge in [0, 0.05) is 17.1 Å². The third-order valence-electron chi connectivity index (χ3n) is 4.54. The van der Waals surface area contributed by atoms with E-state index in [1.165, 1.54) is 18.3 Å². The van der Waals surface area contributed by atoms with Crippen LogP contribution in [0.25, 0.3) is 22.3 Å². The van der Waals surface area contributed by atoms with E-state index >= 15 is 0 Å². The van der Waals surface area contributed by atoms with Crippen molar-refractivity contribution in [1.29, 1.82) is 5.26 Å². The second-order valence-corrected chi connectivity index (χ2v) is 8.36. The highest BCUT2D eigenvalue weighted by atomic mass is 32.2. The molecular formula is C20H13F2N5O2S. The van der Waals surface area contributed by atoms with E-state index in [-0.39, 0.29) is 32.7 Å². The van der Waals surface area contributed by atoms with E-state index in [4.69, 9.17) is 5.73 Å². The second kappa shape index (κ2) is 6.89. The zero-order valence-electron chi connectivity index (χ0n) is 15.5. The normalized spacial score (nSPS) is 11.5. The first-order chi connectivity index (χ1) is 14.2. The summed E-state index contributed by atoms with van der Waals surface area (Å²) < 4.78 is 55.0. The molecule has 4 rings (SSSR count). The number of nitrogens with two attached hydrogens (primary N) is 1. The third kappa shape index (κ3) is 3.05. The molecule has 0 aliphatic carbocycles. The molecule has 3 aromatic heterocycles. The van der Waals surface area contributed by atoms with Crippen molar-refractivity contribution in [2.24, 2.45) is 0 Å². The fourth-order valence-electron chi connectivity index (χ4n) is 3.04. The molecule has 0 amide bonds. The summed E-state index contributed by atoms with van der Waals surface area (Å²) in [5.74, 6) is -2.09. The first kappa shape index (κ1) is 19.5. The number of pyridine rings is 2. The molecule has 0 unspecified atom stereocenters. The van der Waals surface area contributed by atoms with Gasteiger partial charge in [-0.15, -0.1) is 0 Å².